The summed E-state index contributed by atoms with van der Waals surface area (Å²) in [4.78, 5) is 14.5. The predicted molar refractivity (Wildman–Crippen MR) is 98.3 cm³/mol. The molecule has 1 aliphatic rings. The number of Topliss-reactive ketones (excluding diaryl/α,β-unsaturated/α-hetero) is 1. The normalized spacial score (nSPS) is 18.9. The monoisotopic (exact) mass is 337 g/mol. The van der Waals surface area contributed by atoms with Crippen LogP contribution in [-0.4, -0.2) is 31.5 Å². The van der Waals surface area contributed by atoms with E-state index in [1.807, 2.05) is 30.9 Å². The molecule has 0 amide bonds. The van der Waals surface area contributed by atoms with Gasteiger partial charge in [0, 0.05) is 24.0 Å². The highest BCUT2D eigenvalue weighted by atomic mass is 35.5. The highest BCUT2D eigenvalue weighted by Gasteiger charge is 2.24. The number of nitrogens with two attached hydrogens (primary N) is 1. The molecule has 1 saturated heterocycles. The van der Waals surface area contributed by atoms with Gasteiger partial charge < -0.3 is 16.0 Å². The van der Waals surface area contributed by atoms with Crippen molar-refractivity contribution in [3.63, 3.8) is 0 Å². The second-order valence-electron chi connectivity index (χ2n) is 6.60. The fourth-order valence-corrected chi connectivity index (χ4v) is 3.47. The van der Waals surface area contributed by atoms with E-state index in [2.05, 4.69) is 12.2 Å². The van der Waals surface area contributed by atoms with E-state index >= 15 is 0 Å². The maximum atomic E-state index is 12.5. The van der Waals surface area contributed by atoms with Crippen LogP contribution in [0.4, 0.5) is 11.4 Å². The molecule has 4 nitrogen and oxygen atoms in total. The summed E-state index contributed by atoms with van der Waals surface area (Å²) < 4.78 is 0. The van der Waals surface area contributed by atoms with E-state index in [1.165, 1.54) is 12.8 Å². The molecular formula is C18H28ClN3O. The molecule has 0 bridgehead atoms. The number of nitrogens with one attached hydrogen (secondary N) is 1. The zero-order valence-corrected chi connectivity index (χ0v) is 15.1. The summed E-state index contributed by atoms with van der Waals surface area (Å²) in [6, 6.07) is 4.22. The molecule has 1 aromatic rings. The maximum absolute atomic E-state index is 12.5. The summed E-state index contributed by atoms with van der Waals surface area (Å²) >= 11 is 6.22. The van der Waals surface area contributed by atoms with Gasteiger partial charge in [0.1, 0.15) is 0 Å². The molecule has 2 atom stereocenters. The number of hydrogen-bond acceptors (Lipinski definition) is 4. The number of nitrogens with zero attached hydrogens (tertiary/aromatic N) is 1. The summed E-state index contributed by atoms with van der Waals surface area (Å²) in [5.41, 5.74) is 8.60. The van der Waals surface area contributed by atoms with Gasteiger partial charge in [-0.1, -0.05) is 18.5 Å². The molecule has 1 heterocycles. The SMILES string of the molecule is CCN(CC(=O)C[C@H](C)C1CCCN1)c1cc(Cl)c(C)cc1N. The van der Waals surface area contributed by atoms with Crippen LogP contribution >= 0.6 is 11.6 Å². The number of likely N-dealkylation sites (N-methyl/N-ethyl adjacent to an activating group) is 1. The second kappa shape index (κ2) is 8.02. The van der Waals surface area contributed by atoms with Crippen LogP contribution in [0.5, 0.6) is 0 Å². The van der Waals surface area contributed by atoms with Crippen LogP contribution in [-0.2, 0) is 4.79 Å². The van der Waals surface area contributed by atoms with Gasteiger partial charge in [0.2, 0.25) is 0 Å². The third kappa shape index (κ3) is 4.61. The Labute approximate surface area is 144 Å². The number of benzene rings is 1. The minimum Gasteiger partial charge on any atom is -0.397 e. The lowest BCUT2D eigenvalue weighted by atomic mass is 9.94. The van der Waals surface area contributed by atoms with Gasteiger partial charge in [-0.05, 0) is 56.8 Å². The Morgan fingerprint density at radius 1 is 1.52 bits per heavy atom. The average molecular weight is 338 g/mol. The number of anilines is 2. The fourth-order valence-electron chi connectivity index (χ4n) is 3.31. The molecular weight excluding hydrogens is 310 g/mol. The summed E-state index contributed by atoms with van der Waals surface area (Å²) in [5.74, 6) is 0.631. The van der Waals surface area contributed by atoms with Crippen molar-refractivity contribution in [2.45, 2.75) is 46.1 Å². The van der Waals surface area contributed by atoms with Crippen LogP contribution in [0, 0.1) is 12.8 Å². The van der Waals surface area contributed by atoms with Crippen molar-refractivity contribution < 1.29 is 4.79 Å². The first kappa shape index (κ1) is 18.1. The van der Waals surface area contributed by atoms with Gasteiger partial charge >= 0.3 is 0 Å². The fraction of sp³-hybridized carbons (Fsp3) is 0.611. The minimum atomic E-state index is 0.254. The molecule has 5 heteroatoms. The molecule has 0 radical (unpaired) electrons. The lowest BCUT2D eigenvalue weighted by molar-refractivity contribution is -0.118. The molecule has 23 heavy (non-hydrogen) atoms. The molecule has 0 aromatic heterocycles. The molecule has 3 N–H and O–H groups in total. The summed E-state index contributed by atoms with van der Waals surface area (Å²) in [7, 11) is 0. The second-order valence-corrected chi connectivity index (χ2v) is 7.00. The Morgan fingerprint density at radius 3 is 2.87 bits per heavy atom. The van der Waals surface area contributed by atoms with Gasteiger partial charge in [-0.2, -0.15) is 0 Å². The highest BCUT2D eigenvalue weighted by Crippen LogP contribution is 2.30. The van der Waals surface area contributed by atoms with Crippen LogP contribution in [0.2, 0.25) is 5.02 Å². The van der Waals surface area contributed by atoms with Gasteiger partial charge in [-0.25, -0.2) is 0 Å². The number of rotatable bonds is 7. The topological polar surface area (TPSA) is 58.4 Å². The summed E-state index contributed by atoms with van der Waals surface area (Å²) in [6.07, 6.45) is 2.99. The van der Waals surface area contributed by atoms with E-state index in [1.54, 1.807) is 0 Å². The van der Waals surface area contributed by atoms with Crippen molar-refractivity contribution >= 4 is 28.8 Å². The molecule has 0 aliphatic carbocycles. The first-order valence-corrected chi connectivity index (χ1v) is 8.85. The quantitative estimate of drug-likeness (QED) is 0.749. The zero-order chi connectivity index (χ0) is 17.0. The van der Waals surface area contributed by atoms with Crippen molar-refractivity contribution in [1.29, 1.82) is 0 Å². The number of carbonyl (C=O) groups is 1. The number of carbonyl (C=O) groups excluding carboxylic acids is 1. The van der Waals surface area contributed by atoms with E-state index < -0.39 is 0 Å². The number of ketones is 1. The van der Waals surface area contributed by atoms with Gasteiger partial charge in [-0.15, -0.1) is 0 Å². The number of hydrogen-bond donors (Lipinski definition) is 2. The Morgan fingerprint density at radius 2 is 2.26 bits per heavy atom. The van der Waals surface area contributed by atoms with Gasteiger partial charge in [-0.3, -0.25) is 4.79 Å². The van der Waals surface area contributed by atoms with Crippen LogP contribution in [0.1, 0.15) is 38.7 Å². The smallest absolute Gasteiger partial charge is 0.152 e. The predicted octanol–water partition coefficient (Wildman–Crippen LogP) is 3.40. The minimum absolute atomic E-state index is 0.254. The van der Waals surface area contributed by atoms with E-state index in [0.717, 1.165) is 24.3 Å². The third-order valence-corrected chi connectivity index (χ3v) is 5.14. The first-order chi connectivity index (χ1) is 10.9. The van der Waals surface area contributed by atoms with Crippen molar-refractivity contribution in [3.8, 4) is 0 Å². The number of aryl methyl sites for hydroxylation is 1. The molecule has 1 unspecified atom stereocenters. The van der Waals surface area contributed by atoms with Gasteiger partial charge in [0.15, 0.2) is 5.78 Å². The first-order valence-electron chi connectivity index (χ1n) is 8.48. The van der Waals surface area contributed by atoms with Gasteiger partial charge in [0.05, 0.1) is 17.9 Å². The van der Waals surface area contributed by atoms with E-state index in [4.69, 9.17) is 17.3 Å². The highest BCUT2D eigenvalue weighted by molar-refractivity contribution is 6.31. The van der Waals surface area contributed by atoms with Crippen molar-refractivity contribution in [3.05, 3.63) is 22.7 Å². The van der Waals surface area contributed by atoms with Crippen LogP contribution in [0.3, 0.4) is 0 Å². The largest absolute Gasteiger partial charge is 0.397 e. The molecule has 128 valence electrons. The zero-order valence-electron chi connectivity index (χ0n) is 14.4. The van der Waals surface area contributed by atoms with Crippen molar-refractivity contribution in [2.75, 3.05) is 30.3 Å². The van der Waals surface area contributed by atoms with Crippen LogP contribution in [0.15, 0.2) is 12.1 Å². The maximum Gasteiger partial charge on any atom is 0.152 e. The van der Waals surface area contributed by atoms with Crippen LogP contribution < -0.4 is 16.0 Å². The molecule has 1 aromatic carbocycles. The third-order valence-electron chi connectivity index (χ3n) is 4.73. The Hall–Kier alpha value is -1.26. The molecule has 0 saturated carbocycles. The molecule has 1 aliphatic heterocycles. The molecule has 0 spiro atoms. The summed E-state index contributed by atoms with van der Waals surface area (Å²) in [5, 5.41) is 4.16. The molecule has 2 rings (SSSR count). The summed E-state index contributed by atoms with van der Waals surface area (Å²) in [6.45, 7) is 8.31. The molecule has 1 fully saturated rings. The number of nitrogen functional groups attached to an aromatic ring is 1. The van der Waals surface area contributed by atoms with E-state index in [-0.39, 0.29) is 5.78 Å². The number of halogens is 1. The van der Waals surface area contributed by atoms with Crippen molar-refractivity contribution in [1.82, 2.24) is 5.32 Å². The lowest BCUT2D eigenvalue weighted by Gasteiger charge is -2.26. The Balaban J connectivity index is 2.01. The van der Waals surface area contributed by atoms with Crippen molar-refractivity contribution in [2.24, 2.45) is 5.92 Å². The van der Waals surface area contributed by atoms with Gasteiger partial charge in [0.25, 0.3) is 0 Å². The van der Waals surface area contributed by atoms with E-state index in [0.29, 0.717) is 35.6 Å². The Bertz CT molecular complexity index is 555. The van der Waals surface area contributed by atoms with E-state index in [9.17, 15) is 4.79 Å². The van der Waals surface area contributed by atoms with Crippen LogP contribution in [0.25, 0.3) is 0 Å². The Kier molecular flexibility index (Phi) is 6.31. The average Bonchev–Trinajstić information content (AvgIpc) is 3.03. The lowest BCUT2D eigenvalue weighted by Crippen LogP contribution is -2.34. The standard InChI is InChI=1S/C18H28ClN3O/c1-4-22(18-10-15(19)12(2)9-16(18)20)11-14(23)8-13(3)17-6-5-7-21-17/h9-10,13,17,21H,4-8,11,20H2,1-3H3/t13-,17?/m0/s1.